The van der Waals surface area contributed by atoms with Crippen LogP contribution in [0.1, 0.15) is 13.8 Å². The number of nitrogens with one attached hydrogen (secondary N) is 1. The summed E-state index contributed by atoms with van der Waals surface area (Å²) in [6, 6.07) is 8.17. The fraction of sp³-hybridized carbons (Fsp3) is 0.400. The zero-order chi connectivity index (χ0) is 13.8. The zero-order valence-corrected chi connectivity index (χ0v) is 12.2. The smallest absolute Gasteiger partial charge is 0.134 e. The standard InChI is InChI=1S/C15H19ClN2O/c1-10(2)14(9-16)18-15-13-8-12(19-3)5-4-11(13)6-7-17-15/h4-8,10,14H,9H2,1-3H3,(H,17,18). The lowest BCUT2D eigenvalue weighted by atomic mass is 10.1. The Labute approximate surface area is 118 Å². The van der Waals surface area contributed by atoms with Crippen molar-refractivity contribution in [2.45, 2.75) is 19.9 Å². The maximum atomic E-state index is 6.01. The monoisotopic (exact) mass is 278 g/mol. The van der Waals surface area contributed by atoms with Crippen LogP contribution in [0.25, 0.3) is 10.8 Å². The Balaban J connectivity index is 2.41. The molecule has 0 saturated carbocycles. The third-order valence-corrected chi connectivity index (χ3v) is 3.60. The van der Waals surface area contributed by atoms with Gasteiger partial charge in [0.25, 0.3) is 0 Å². The van der Waals surface area contributed by atoms with Gasteiger partial charge in [0.05, 0.1) is 7.11 Å². The lowest BCUT2D eigenvalue weighted by molar-refractivity contribution is 0.415. The maximum absolute atomic E-state index is 6.01. The van der Waals surface area contributed by atoms with E-state index in [9.17, 15) is 0 Å². The van der Waals surface area contributed by atoms with Gasteiger partial charge in [-0.15, -0.1) is 11.6 Å². The number of pyridine rings is 1. The van der Waals surface area contributed by atoms with Crippen LogP contribution in [0.3, 0.4) is 0 Å². The van der Waals surface area contributed by atoms with E-state index in [2.05, 4.69) is 24.1 Å². The van der Waals surface area contributed by atoms with Crippen molar-refractivity contribution in [3.8, 4) is 5.75 Å². The summed E-state index contributed by atoms with van der Waals surface area (Å²) in [7, 11) is 1.67. The van der Waals surface area contributed by atoms with Crippen molar-refractivity contribution in [2.24, 2.45) is 5.92 Å². The first-order valence-electron chi connectivity index (χ1n) is 6.41. The van der Waals surface area contributed by atoms with Gasteiger partial charge in [0.1, 0.15) is 11.6 Å². The molecule has 3 nitrogen and oxygen atoms in total. The topological polar surface area (TPSA) is 34.1 Å². The van der Waals surface area contributed by atoms with Crippen molar-refractivity contribution in [3.63, 3.8) is 0 Å². The molecule has 1 atom stereocenters. The molecule has 2 aromatic rings. The van der Waals surface area contributed by atoms with Crippen LogP contribution in [-0.4, -0.2) is 24.0 Å². The fourth-order valence-corrected chi connectivity index (χ4v) is 2.38. The van der Waals surface area contributed by atoms with E-state index < -0.39 is 0 Å². The van der Waals surface area contributed by atoms with E-state index in [0.717, 1.165) is 22.3 Å². The molecule has 102 valence electrons. The minimum absolute atomic E-state index is 0.200. The fourth-order valence-electron chi connectivity index (χ4n) is 1.95. The van der Waals surface area contributed by atoms with Crippen molar-refractivity contribution in [3.05, 3.63) is 30.5 Å². The number of aromatic nitrogens is 1. The van der Waals surface area contributed by atoms with Gasteiger partial charge in [0.15, 0.2) is 0 Å². The van der Waals surface area contributed by atoms with Crippen LogP contribution < -0.4 is 10.1 Å². The third kappa shape index (κ3) is 3.10. The first kappa shape index (κ1) is 13.9. The Morgan fingerprint density at radius 3 is 2.74 bits per heavy atom. The summed E-state index contributed by atoms with van der Waals surface area (Å²) in [6.45, 7) is 4.29. The molecular weight excluding hydrogens is 260 g/mol. The lowest BCUT2D eigenvalue weighted by Gasteiger charge is -2.21. The van der Waals surface area contributed by atoms with Gasteiger partial charge in [-0.25, -0.2) is 4.98 Å². The van der Waals surface area contributed by atoms with Crippen molar-refractivity contribution < 1.29 is 4.74 Å². The van der Waals surface area contributed by atoms with E-state index in [1.807, 2.05) is 30.5 Å². The number of benzene rings is 1. The van der Waals surface area contributed by atoms with Crippen molar-refractivity contribution in [1.29, 1.82) is 0 Å². The molecule has 1 aromatic carbocycles. The Hall–Kier alpha value is -1.48. The highest BCUT2D eigenvalue weighted by atomic mass is 35.5. The average molecular weight is 279 g/mol. The van der Waals surface area contributed by atoms with Crippen LogP contribution in [0.4, 0.5) is 5.82 Å². The number of methoxy groups -OCH3 is 1. The van der Waals surface area contributed by atoms with Crippen LogP contribution in [0.5, 0.6) is 5.75 Å². The molecule has 1 N–H and O–H groups in total. The SMILES string of the molecule is COc1ccc2ccnc(NC(CCl)C(C)C)c2c1. The number of anilines is 1. The van der Waals surface area contributed by atoms with E-state index in [4.69, 9.17) is 16.3 Å². The number of nitrogens with zero attached hydrogens (tertiary/aromatic N) is 1. The van der Waals surface area contributed by atoms with E-state index in [0.29, 0.717) is 11.8 Å². The maximum Gasteiger partial charge on any atom is 0.134 e. The molecule has 2 rings (SSSR count). The van der Waals surface area contributed by atoms with Gasteiger partial charge in [-0.2, -0.15) is 0 Å². The second-order valence-corrected chi connectivity index (χ2v) is 5.20. The zero-order valence-electron chi connectivity index (χ0n) is 11.5. The molecule has 0 aliphatic carbocycles. The normalized spacial score (nSPS) is 12.7. The molecule has 0 radical (unpaired) electrons. The summed E-state index contributed by atoms with van der Waals surface area (Å²) in [5, 5.41) is 5.61. The Morgan fingerprint density at radius 1 is 1.32 bits per heavy atom. The second kappa shape index (κ2) is 6.11. The summed E-state index contributed by atoms with van der Waals surface area (Å²) in [4.78, 5) is 4.43. The molecule has 4 heteroatoms. The summed E-state index contributed by atoms with van der Waals surface area (Å²) >= 11 is 6.01. The van der Waals surface area contributed by atoms with E-state index in [-0.39, 0.29) is 6.04 Å². The Kier molecular flexibility index (Phi) is 4.48. The Morgan fingerprint density at radius 2 is 2.11 bits per heavy atom. The average Bonchev–Trinajstić information content (AvgIpc) is 2.43. The number of hydrogen-bond donors (Lipinski definition) is 1. The summed E-state index contributed by atoms with van der Waals surface area (Å²) in [6.07, 6.45) is 1.81. The number of halogens is 1. The molecule has 1 aromatic heterocycles. The minimum Gasteiger partial charge on any atom is -0.497 e. The molecule has 0 fully saturated rings. The molecule has 19 heavy (non-hydrogen) atoms. The highest BCUT2D eigenvalue weighted by molar-refractivity contribution is 6.18. The molecule has 0 aliphatic heterocycles. The molecule has 1 unspecified atom stereocenters. The largest absolute Gasteiger partial charge is 0.497 e. The number of alkyl halides is 1. The predicted octanol–water partition coefficient (Wildman–Crippen LogP) is 3.92. The Bertz CT molecular complexity index is 557. The van der Waals surface area contributed by atoms with Gasteiger partial charge >= 0.3 is 0 Å². The van der Waals surface area contributed by atoms with Gasteiger partial charge in [-0.1, -0.05) is 19.9 Å². The third-order valence-electron chi connectivity index (χ3n) is 3.27. The van der Waals surface area contributed by atoms with E-state index in [1.165, 1.54) is 0 Å². The second-order valence-electron chi connectivity index (χ2n) is 4.90. The minimum atomic E-state index is 0.200. The quantitative estimate of drug-likeness (QED) is 0.842. The van der Waals surface area contributed by atoms with Crippen LogP contribution in [0.2, 0.25) is 0 Å². The van der Waals surface area contributed by atoms with E-state index >= 15 is 0 Å². The van der Waals surface area contributed by atoms with Gasteiger partial charge in [0.2, 0.25) is 0 Å². The number of fused-ring (bicyclic) bond motifs is 1. The number of ether oxygens (including phenoxy) is 1. The summed E-state index contributed by atoms with van der Waals surface area (Å²) in [5.74, 6) is 2.69. The van der Waals surface area contributed by atoms with Crippen LogP contribution in [0.15, 0.2) is 30.5 Å². The van der Waals surface area contributed by atoms with Crippen LogP contribution in [-0.2, 0) is 0 Å². The van der Waals surface area contributed by atoms with E-state index in [1.54, 1.807) is 7.11 Å². The highest BCUT2D eigenvalue weighted by Gasteiger charge is 2.14. The molecule has 0 bridgehead atoms. The van der Waals surface area contributed by atoms with Crippen LogP contribution >= 0.6 is 11.6 Å². The number of rotatable bonds is 5. The molecule has 0 saturated heterocycles. The molecular formula is C15H19ClN2O. The van der Waals surface area contributed by atoms with Gasteiger partial charge < -0.3 is 10.1 Å². The first-order valence-corrected chi connectivity index (χ1v) is 6.94. The molecule has 0 spiro atoms. The predicted molar refractivity (Wildman–Crippen MR) is 81.3 cm³/mol. The molecule has 0 aliphatic rings. The first-order chi connectivity index (χ1) is 9.15. The summed E-state index contributed by atoms with van der Waals surface area (Å²) < 4.78 is 5.27. The van der Waals surface area contributed by atoms with Crippen LogP contribution in [0, 0.1) is 5.92 Å². The molecule has 1 heterocycles. The van der Waals surface area contributed by atoms with Gasteiger partial charge in [0, 0.05) is 23.5 Å². The number of hydrogen-bond acceptors (Lipinski definition) is 3. The van der Waals surface area contributed by atoms with Crippen molar-refractivity contribution in [2.75, 3.05) is 18.3 Å². The summed E-state index contributed by atoms with van der Waals surface area (Å²) in [5.41, 5.74) is 0. The van der Waals surface area contributed by atoms with Gasteiger partial charge in [-0.3, -0.25) is 0 Å². The highest BCUT2D eigenvalue weighted by Crippen LogP contribution is 2.26. The molecule has 0 amide bonds. The van der Waals surface area contributed by atoms with Crippen molar-refractivity contribution >= 4 is 28.2 Å². The lowest BCUT2D eigenvalue weighted by Crippen LogP contribution is -2.27. The van der Waals surface area contributed by atoms with Crippen molar-refractivity contribution in [1.82, 2.24) is 4.98 Å². The van der Waals surface area contributed by atoms with Gasteiger partial charge in [-0.05, 0) is 29.5 Å².